The molecule has 0 N–H and O–H groups in total. The molecule has 0 heterocycles. The minimum absolute atomic E-state index is 0.629. The first kappa shape index (κ1) is 25.4. The Morgan fingerprint density at radius 1 is 0.452 bits per heavy atom. The SMILES string of the molecule is O=Cc1ccc(C2(c3ccc(C=O)cc3)c3ccccc3-c3c(N(c4ccccc4)c4ccccc4)cccc32)cc1. The molecule has 1 aliphatic rings. The molecule has 6 aromatic rings. The highest BCUT2D eigenvalue weighted by Crippen LogP contribution is 2.59. The van der Waals surface area contributed by atoms with Gasteiger partial charge in [0, 0.05) is 28.1 Å². The normalized spacial score (nSPS) is 12.7. The number of benzene rings is 6. The molecule has 0 saturated carbocycles. The average Bonchev–Trinajstić information content (AvgIpc) is 3.38. The highest BCUT2D eigenvalue weighted by Gasteiger charge is 2.47. The first-order chi connectivity index (χ1) is 20.8. The fraction of sp³-hybridized carbons (Fsp3) is 0.0256. The van der Waals surface area contributed by atoms with Crippen LogP contribution in [0, 0.1) is 0 Å². The molecule has 0 aromatic heterocycles. The summed E-state index contributed by atoms with van der Waals surface area (Å²) in [4.78, 5) is 25.5. The number of nitrogens with zero attached hydrogens (tertiary/aromatic N) is 1. The number of aldehydes is 2. The minimum Gasteiger partial charge on any atom is -0.310 e. The minimum atomic E-state index is -0.663. The van der Waals surface area contributed by atoms with Crippen LogP contribution in [0.2, 0.25) is 0 Å². The van der Waals surface area contributed by atoms with Crippen LogP contribution >= 0.6 is 0 Å². The van der Waals surface area contributed by atoms with Crippen LogP contribution in [0.15, 0.2) is 152 Å². The molecule has 0 amide bonds. The number of para-hydroxylation sites is 2. The van der Waals surface area contributed by atoms with Gasteiger partial charge >= 0.3 is 0 Å². The second kappa shape index (κ2) is 10.5. The van der Waals surface area contributed by atoms with Crippen molar-refractivity contribution in [2.75, 3.05) is 4.90 Å². The Bertz CT molecular complexity index is 1800. The van der Waals surface area contributed by atoms with Crippen molar-refractivity contribution >= 4 is 29.6 Å². The summed E-state index contributed by atoms with van der Waals surface area (Å²) in [6, 6.07) is 51.8. The Kier molecular flexibility index (Phi) is 6.33. The van der Waals surface area contributed by atoms with Gasteiger partial charge in [-0.05, 0) is 58.1 Å². The van der Waals surface area contributed by atoms with Crippen molar-refractivity contribution in [2.24, 2.45) is 0 Å². The predicted molar refractivity (Wildman–Crippen MR) is 169 cm³/mol. The van der Waals surface area contributed by atoms with Gasteiger partial charge in [-0.2, -0.15) is 0 Å². The summed E-state index contributed by atoms with van der Waals surface area (Å²) in [5, 5.41) is 0. The van der Waals surface area contributed by atoms with Gasteiger partial charge in [0.1, 0.15) is 12.6 Å². The van der Waals surface area contributed by atoms with Gasteiger partial charge in [0.05, 0.1) is 11.1 Å². The third kappa shape index (κ3) is 3.90. The van der Waals surface area contributed by atoms with Crippen LogP contribution in [0.4, 0.5) is 17.1 Å². The van der Waals surface area contributed by atoms with Crippen LogP contribution in [-0.4, -0.2) is 12.6 Å². The molecule has 0 unspecified atom stereocenters. The molecule has 6 aromatic carbocycles. The maximum atomic E-state index is 11.6. The number of carbonyl (C=O) groups is 2. The topological polar surface area (TPSA) is 37.4 Å². The lowest BCUT2D eigenvalue weighted by atomic mass is 9.67. The van der Waals surface area contributed by atoms with E-state index >= 15 is 0 Å². The molecule has 7 rings (SSSR count). The van der Waals surface area contributed by atoms with Gasteiger partial charge in [0.15, 0.2) is 0 Å². The summed E-state index contributed by atoms with van der Waals surface area (Å²) in [6.45, 7) is 0. The number of anilines is 3. The third-order valence-electron chi connectivity index (χ3n) is 8.28. The molecule has 0 bridgehead atoms. The Balaban J connectivity index is 1.59. The van der Waals surface area contributed by atoms with Crippen LogP contribution in [0.3, 0.4) is 0 Å². The highest BCUT2D eigenvalue weighted by molar-refractivity contribution is 5.97. The number of rotatable bonds is 7. The Morgan fingerprint density at radius 3 is 1.45 bits per heavy atom. The zero-order chi connectivity index (χ0) is 28.5. The second-order valence-corrected chi connectivity index (χ2v) is 10.5. The first-order valence-electron chi connectivity index (χ1n) is 14.0. The molecule has 200 valence electrons. The Hall–Kier alpha value is -5.54. The number of carbonyl (C=O) groups excluding carboxylic acids is 2. The van der Waals surface area contributed by atoms with Gasteiger partial charge in [-0.1, -0.05) is 121 Å². The quantitative estimate of drug-likeness (QED) is 0.189. The molecular weight excluding hydrogens is 514 g/mol. The second-order valence-electron chi connectivity index (χ2n) is 10.5. The summed E-state index contributed by atoms with van der Waals surface area (Å²) in [5.74, 6) is 0. The first-order valence-corrected chi connectivity index (χ1v) is 14.0. The van der Waals surface area contributed by atoms with E-state index in [-0.39, 0.29) is 0 Å². The fourth-order valence-corrected chi connectivity index (χ4v) is 6.49. The van der Waals surface area contributed by atoms with Crippen molar-refractivity contribution < 1.29 is 9.59 Å². The van der Waals surface area contributed by atoms with E-state index in [2.05, 4.69) is 120 Å². The molecule has 3 heteroatoms. The molecule has 0 saturated heterocycles. The van der Waals surface area contributed by atoms with Gasteiger partial charge in [-0.15, -0.1) is 0 Å². The molecule has 0 atom stereocenters. The van der Waals surface area contributed by atoms with Gasteiger partial charge in [-0.25, -0.2) is 0 Å². The van der Waals surface area contributed by atoms with Crippen LogP contribution in [-0.2, 0) is 5.41 Å². The van der Waals surface area contributed by atoms with E-state index in [9.17, 15) is 9.59 Å². The highest BCUT2D eigenvalue weighted by atomic mass is 16.1. The van der Waals surface area contributed by atoms with Crippen molar-refractivity contribution in [1.29, 1.82) is 0 Å². The van der Waals surface area contributed by atoms with Crippen molar-refractivity contribution in [3.63, 3.8) is 0 Å². The molecule has 42 heavy (non-hydrogen) atoms. The van der Waals surface area contributed by atoms with E-state index in [0.717, 1.165) is 63.0 Å². The molecule has 1 aliphatic carbocycles. The monoisotopic (exact) mass is 541 g/mol. The number of fused-ring (bicyclic) bond motifs is 3. The zero-order valence-electron chi connectivity index (χ0n) is 22.9. The number of hydrogen-bond donors (Lipinski definition) is 0. The number of hydrogen-bond acceptors (Lipinski definition) is 3. The summed E-state index contributed by atoms with van der Waals surface area (Å²) in [7, 11) is 0. The molecular formula is C39H27NO2. The van der Waals surface area contributed by atoms with Crippen LogP contribution < -0.4 is 4.90 Å². The van der Waals surface area contributed by atoms with E-state index in [0.29, 0.717) is 11.1 Å². The smallest absolute Gasteiger partial charge is 0.150 e. The van der Waals surface area contributed by atoms with E-state index in [1.54, 1.807) is 0 Å². The lowest BCUT2D eigenvalue weighted by molar-refractivity contribution is 0.111. The maximum Gasteiger partial charge on any atom is 0.150 e. The molecule has 0 spiro atoms. The molecule has 3 nitrogen and oxygen atoms in total. The average molecular weight is 542 g/mol. The molecule has 0 aliphatic heterocycles. The van der Waals surface area contributed by atoms with Crippen molar-refractivity contribution in [3.05, 3.63) is 185 Å². The standard InChI is InChI=1S/C39H27NO2/c41-26-28-18-22-30(23-19-28)39(31-24-20-29(27-42)21-25-31)35-15-8-7-14-34(35)38-36(39)16-9-17-37(38)40(32-10-3-1-4-11-32)33-12-5-2-6-13-33/h1-27H. The van der Waals surface area contributed by atoms with Gasteiger partial charge in [0.25, 0.3) is 0 Å². The zero-order valence-corrected chi connectivity index (χ0v) is 22.9. The lowest BCUT2D eigenvalue weighted by Gasteiger charge is -2.34. The summed E-state index contributed by atoms with van der Waals surface area (Å²) in [5.41, 5.74) is 10.5. The predicted octanol–water partition coefficient (Wildman–Crippen LogP) is 9.14. The Labute approximate surface area is 245 Å². The summed E-state index contributed by atoms with van der Waals surface area (Å²) in [6.07, 6.45) is 1.75. The lowest BCUT2D eigenvalue weighted by Crippen LogP contribution is -2.28. The fourth-order valence-electron chi connectivity index (χ4n) is 6.49. The van der Waals surface area contributed by atoms with Crippen molar-refractivity contribution in [1.82, 2.24) is 0 Å². The van der Waals surface area contributed by atoms with Gasteiger partial charge < -0.3 is 4.90 Å². The van der Waals surface area contributed by atoms with E-state index < -0.39 is 5.41 Å². The van der Waals surface area contributed by atoms with Crippen LogP contribution in [0.25, 0.3) is 11.1 Å². The largest absolute Gasteiger partial charge is 0.310 e. The van der Waals surface area contributed by atoms with Crippen LogP contribution in [0.5, 0.6) is 0 Å². The Morgan fingerprint density at radius 2 is 0.929 bits per heavy atom. The maximum absolute atomic E-state index is 11.6. The van der Waals surface area contributed by atoms with E-state index in [1.165, 1.54) is 0 Å². The molecule has 0 fully saturated rings. The van der Waals surface area contributed by atoms with Crippen molar-refractivity contribution in [3.8, 4) is 11.1 Å². The van der Waals surface area contributed by atoms with E-state index in [4.69, 9.17) is 0 Å². The third-order valence-corrected chi connectivity index (χ3v) is 8.28. The van der Waals surface area contributed by atoms with Crippen molar-refractivity contribution in [2.45, 2.75) is 5.41 Å². The van der Waals surface area contributed by atoms with Gasteiger partial charge in [-0.3, -0.25) is 9.59 Å². The summed E-state index contributed by atoms with van der Waals surface area (Å²) < 4.78 is 0. The molecule has 0 radical (unpaired) electrons. The van der Waals surface area contributed by atoms with Gasteiger partial charge in [0.2, 0.25) is 0 Å². The summed E-state index contributed by atoms with van der Waals surface area (Å²) >= 11 is 0. The van der Waals surface area contributed by atoms with Crippen LogP contribution in [0.1, 0.15) is 43.0 Å². The van der Waals surface area contributed by atoms with E-state index in [1.807, 2.05) is 36.4 Å².